The lowest BCUT2D eigenvalue weighted by Gasteiger charge is -2.27. The van der Waals surface area contributed by atoms with Crippen molar-refractivity contribution < 1.29 is 4.79 Å². The molecule has 16 heavy (non-hydrogen) atoms. The van der Waals surface area contributed by atoms with Gasteiger partial charge in [-0.2, -0.15) is 0 Å². The van der Waals surface area contributed by atoms with Crippen molar-refractivity contribution in [3.05, 3.63) is 0 Å². The summed E-state index contributed by atoms with van der Waals surface area (Å²) in [5.74, 6) is 0.0478. The predicted octanol–water partition coefficient (Wildman–Crippen LogP) is 0.898. The van der Waals surface area contributed by atoms with E-state index in [1.54, 1.807) is 0 Å². The minimum Gasteiger partial charge on any atom is -0.393 e. The number of rotatable bonds is 7. The molecule has 0 rings (SSSR count). The molecular formula is C11H23N3OS. The van der Waals surface area contributed by atoms with Gasteiger partial charge in [0.2, 0.25) is 5.91 Å². The molecule has 0 bridgehead atoms. The van der Waals surface area contributed by atoms with Crippen molar-refractivity contribution >= 4 is 23.1 Å². The molecule has 3 N–H and O–H groups in total. The first-order valence-electron chi connectivity index (χ1n) is 5.68. The Morgan fingerprint density at radius 2 is 2.00 bits per heavy atom. The van der Waals surface area contributed by atoms with Crippen LogP contribution >= 0.6 is 12.2 Å². The summed E-state index contributed by atoms with van der Waals surface area (Å²) in [6.45, 7) is 9.18. The van der Waals surface area contributed by atoms with Gasteiger partial charge >= 0.3 is 0 Å². The van der Waals surface area contributed by atoms with Gasteiger partial charge in [0.05, 0.1) is 11.5 Å². The molecule has 0 aliphatic rings. The molecule has 0 aliphatic carbocycles. The monoisotopic (exact) mass is 245 g/mol. The lowest BCUT2D eigenvalue weighted by molar-refractivity contribution is -0.123. The summed E-state index contributed by atoms with van der Waals surface area (Å²) in [4.78, 5) is 14.2. The molecule has 0 spiro atoms. The van der Waals surface area contributed by atoms with E-state index in [1.807, 2.05) is 27.7 Å². The van der Waals surface area contributed by atoms with Crippen molar-refractivity contribution in [2.75, 3.05) is 13.1 Å². The van der Waals surface area contributed by atoms with Crippen molar-refractivity contribution in [3.63, 3.8) is 0 Å². The van der Waals surface area contributed by atoms with Gasteiger partial charge in [-0.05, 0) is 27.3 Å². The van der Waals surface area contributed by atoms with Gasteiger partial charge in [-0.15, -0.1) is 0 Å². The van der Waals surface area contributed by atoms with Crippen LogP contribution in [-0.4, -0.2) is 41.0 Å². The number of hydrogen-bond acceptors (Lipinski definition) is 3. The van der Waals surface area contributed by atoms with Gasteiger partial charge in [0.15, 0.2) is 0 Å². The van der Waals surface area contributed by atoms with Crippen LogP contribution in [0.1, 0.15) is 34.1 Å². The Labute approximate surface area is 104 Å². The van der Waals surface area contributed by atoms with Crippen LogP contribution in [-0.2, 0) is 4.79 Å². The molecule has 4 nitrogen and oxygen atoms in total. The van der Waals surface area contributed by atoms with Crippen LogP contribution in [0.15, 0.2) is 0 Å². The molecule has 0 aromatic heterocycles. The molecule has 0 saturated carbocycles. The van der Waals surface area contributed by atoms with Crippen molar-refractivity contribution in [2.45, 2.75) is 46.2 Å². The van der Waals surface area contributed by atoms with Crippen LogP contribution in [0.25, 0.3) is 0 Å². The van der Waals surface area contributed by atoms with Crippen LogP contribution in [0.2, 0.25) is 0 Å². The van der Waals surface area contributed by atoms with E-state index < -0.39 is 0 Å². The molecule has 0 heterocycles. The predicted molar refractivity (Wildman–Crippen MR) is 71.4 cm³/mol. The Kier molecular flexibility index (Phi) is 7.25. The van der Waals surface area contributed by atoms with Gasteiger partial charge in [-0.1, -0.05) is 19.1 Å². The average molecular weight is 245 g/mol. The van der Waals surface area contributed by atoms with Crippen molar-refractivity contribution in [3.8, 4) is 0 Å². The van der Waals surface area contributed by atoms with Gasteiger partial charge < -0.3 is 11.1 Å². The molecule has 1 unspecified atom stereocenters. The molecule has 1 atom stereocenters. The number of nitrogens with two attached hydrogens (primary N) is 1. The highest BCUT2D eigenvalue weighted by atomic mass is 32.1. The third-order valence-electron chi connectivity index (χ3n) is 2.32. The van der Waals surface area contributed by atoms with Gasteiger partial charge in [0, 0.05) is 18.5 Å². The van der Waals surface area contributed by atoms with Crippen LogP contribution in [0.5, 0.6) is 0 Å². The minimum atomic E-state index is 0.0478. The van der Waals surface area contributed by atoms with E-state index in [2.05, 4.69) is 10.2 Å². The van der Waals surface area contributed by atoms with E-state index in [0.29, 0.717) is 18.0 Å². The maximum absolute atomic E-state index is 11.6. The third-order valence-corrected chi connectivity index (χ3v) is 2.49. The SMILES string of the molecule is CCN(CC(=O)NC(C)C)C(C)CC(N)=S. The highest BCUT2D eigenvalue weighted by Gasteiger charge is 2.16. The molecule has 0 aromatic rings. The number of likely N-dealkylation sites (N-methyl/N-ethyl adjacent to an activating group) is 1. The summed E-state index contributed by atoms with van der Waals surface area (Å²) in [5, 5.41) is 2.87. The fourth-order valence-corrected chi connectivity index (χ4v) is 1.79. The topological polar surface area (TPSA) is 58.4 Å². The summed E-state index contributed by atoms with van der Waals surface area (Å²) in [5.41, 5.74) is 5.50. The second-order valence-corrected chi connectivity index (χ2v) is 4.83. The lowest BCUT2D eigenvalue weighted by Crippen LogP contribution is -2.44. The first kappa shape index (κ1) is 15.3. The zero-order chi connectivity index (χ0) is 12.7. The van der Waals surface area contributed by atoms with E-state index >= 15 is 0 Å². The highest BCUT2D eigenvalue weighted by Crippen LogP contribution is 2.03. The Morgan fingerprint density at radius 3 is 2.38 bits per heavy atom. The maximum Gasteiger partial charge on any atom is 0.234 e. The highest BCUT2D eigenvalue weighted by molar-refractivity contribution is 7.80. The smallest absolute Gasteiger partial charge is 0.234 e. The van der Waals surface area contributed by atoms with E-state index in [4.69, 9.17) is 18.0 Å². The molecule has 1 amide bonds. The molecular weight excluding hydrogens is 222 g/mol. The number of carbonyl (C=O) groups excluding carboxylic acids is 1. The fourth-order valence-electron chi connectivity index (χ4n) is 1.55. The number of nitrogens with zero attached hydrogens (tertiary/aromatic N) is 1. The summed E-state index contributed by atoms with van der Waals surface area (Å²) in [6, 6.07) is 0.387. The molecule has 5 heteroatoms. The van der Waals surface area contributed by atoms with Gasteiger partial charge in [-0.25, -0.2) is 0 Å². The normalized spacial score (nSPS) is 12.9. The van der Waals surface area contributed by atoms with Crippen LogP contribution < -0.4 is 11.1 Å². The van der Waals surface area contributed by atoms with Crippen molar-refractivity contribution in [2.24, 2.45) is 5.73 Å². The summed E-state index contributed by atoms with van der Waals surface area (Å²) in [7, 11) is 0. The Hall–Kier alpha value is -0.680. The molecule has 0 aromatic carbocycles. The Bertz CT molecular complexity index is 243. The number of nitrogens with one attached hydrogen (secondary N) is 1. The maximum atomic E-state index is 11.6. The standard InChI is InChI=1S/C11H23N3OS/c1-5-14(9(4)6-10(12)16)7-11(15)13-8(2)3/h8-9H,5-7H2,1-4H3,(H2,12,16)(H,13,15). The molecule has 0 radical (unpaired) electrons. The first-order valence-corrected chi connectivity index (χ1v) is 6.09. The molecule has 94 valence electrons. The Balaban J connectivity index is 4.18. The first-order chi connectivity index (χ1) is 7.36. The summed E-state index contributed by atoms with van der Waals surface area (Å²) in [6.07, 6.45) is 0.651. The summed E-state index contributed by atoms with van der Waals surface area (Å²) >= 11 is 4.87. The Morgan fingerprint density at radius 1 is 1.44 bits per heavy atom. The van der Waals surface area contributed by atoms with Crippen LogP contribution in [0, 0.1) is 0 Å². The molecule has 0 saturated heterocycles. The minimum absolute atomic E-state index is 0.0478. The average Bonchev–Trinajstić information content (AvgIpc) is 2.11. The fraction of sp³-hybridized carbons (Fsp3) is 0.818. The zero-order valence-electron chi connectivity index (χ0n) is 10.6. The van der Waals surface area contributed by atoms with E-state index in [9.17, 15) is 4.79 Å². The summed E-state index contributed by atoms with van der Waals surface area (Å²) < 4.78 is 0. The van der Waals surface area contributed by atoms with Gasteiger partial charge in [-0.3, -0.25) is 9.69 Å². The van der Waals surface area contributed by atoms with E-state index in [0.717, 1.165) is 6.54 Å². The number of hydrogen-bond donors (Lipinski definition) is 2. The lowest BCUT2D eigenvalue weighted by atomic mass is 10.2. The number of thiocarbonyl (C=S) groups is 1. The van der Waals surface area contributed by atoms with Crippen LogP contribution in [0.4, 0.5) is 0 Å². The van der Waals surface area contributed by atoms with Gasteiger partial charge in [0.25, 0.3) is 0 Å². The van der Waals surface area contributed by atoms with E-state index in [-0.39, 0.29) is 18.0 Å². The van der Waals surface area contributed by atoms with Gasteiger partial charge in [0.1, 0.15) is 0 Å². The third kappa shape index (κ3) is 6.74. The second-order valence-electron chi connectivity index (χ2n) is 4.30. The number of carbonyl (C=O) groups is 1. The second kappa shape index (κ2) is 7.57. The quantitative estimate of drug-likeness (QED) is 0.654. The number of amides is 1. The van der Waals surface area contributed by atoms with E-state index in [1.165, 1.54) is 0 Å². The molecule has 0 fully saturated rings. The molecule has 0 aliphatic heterocycles. The van der Waals surface area contributed by atoms with Crippen molar-refractivity contribution in [1.29, 1.82) is 0 Å². The zero-order valence-corrected chi connectivity index (χ0v) is 11.4. The van der Waals surface area contributed by atoms with Crippen LogP contribution in [0.3, 0.4) is 0 Å². The van der Waals surface area contributed by atoms with Crippen molar-refractivity contribution in [1.82, 2.24) is 10.2 Å². The largest absolute Gasteiger partial charge is 0.393 e.